The third-order valence-electron chi connectivity index (χ3n) is 6.72. The van der Waals surface area contributed by atoms with E-state index in [9.17, 15) is 9.90 Å². The molecule has 1 amide bonds. The van der Waals surface area contributed by atoms with Crippen LogP contribution in [-0.2, 0) is 25.0 Å². The van der Waals surface area contributed by atoms with Gasteiger partial charge in [-0.2, -0.15) is 5.10 Å². The van der Waals surface area contributed by atoms with E-state index >= 15 is 0 Å². The second-order valence-electron chi connectivity index (χ2n) is 9.23. The summed E-state index contributed by atoms with van der Waals surface area (Å²) in [6.45, 7) is 2.44. The Balaban J connectivity index is 1.38. The van der Waals surface area contributed by atoms with Gasteiger partial charge in [0.25, 0.3) is 0 Å². The number of fused-ring (bicyclic) bond motifs is 1. The molecule has 36 heavy (non-hydrogen) atoms. The van der Waals surface area contributed by atoms with E-state index in [1.807, 2.05) is 49.0 Å². The number of nitrogens with one attached hydrogen (secondary N) is 1. The second-order valence-corrected chi connectivity index (χ2v) is 9.64. The Labute approximate surface area is 214 Å². The van der Waals surface area contributed by atoms with Gasteiger partial charge in [-0.25, -0.2) is 4.98 Å². The Morgan fingerprint density at radius 3 is 2.89 bits per heavy atom. The Morgan fingerprint density at radius 1 is 1.28 bits per heavy atom. The number of rotatable bonds is 7. The van der Waals surface area contributed by atoms with E-state index in [2.05, 4.69) is 15.4 Å². The molecule has 2 N–H and O–H groups in total. The number of nitrogens with zero attached hydrogens (tertiary/aromatic N) is 4. The lowest BCUT2D eigenvalue weighted by atomic mass is 10.0. The fourth-order valence-electron chi connectivity index (χ4n) is 4.81. The standard InChI is InChI=1S/C27H28ClN5O3/c1-16-10-21(24-8-9-31-33(24)2)20-4-3-5-25(26(20)32-16)36-15-22-18(12-29-14-23(22)28)13-30-27(35)17-6-7-19(34)11-17/h3-5,8-10,12,14,17,19,34H,6-7,11,13,15H2,1-2H3,(H,30,35). The average molecular weight is 506 g/mol. The van der Waals surface area contributed by atoms with Gasteiger partial charge in [-0.05, 0) is 49.9 Å². The summed E-state index contributed by atoms with van der Waals surface area (Å²) in [5.74, 6) is 0.419. The third-order valence-corrected chi connectivity index (χ3v) is 7.05. The van der Waals surface area contributed by atoms with Crippen LogP contribution in [0.3, 0.4) is 0 Å². The number of para-hydroxylation sites is 1. The maximum atomic E-state index is 12.6. The van der Waals surface area contributed by atoms with Gasteiger partial charge in [0.1, 0.15) is 17.9 Å². The molecule has 1 aliphatic rings. The highest BCUT2D eigenvalue weighted by Gasteiger charge is 2.28. The van der Waals surface area contributed by atoms with Gasteiger partial charge in [0.15, 0.2) is 0 Å². The van der Waals surface area contributed by atoms with E-state index < -0.39 is 6.10 Å². The van der Waals surface area contributed by atoms with Gasteiger partial charge in [0.2, 0.25) is 5.91 Å². The number of pyridine rings is 2. The molecular formula is C27H28ClN5O3. The zero-order chi connectivity index (χ0) is 25.2. The highest BCUT2D eigenvalue weighted by Crippen LogP contribution is 2.34. The SMILES string of the molecule is Cc1cc(-c2ccnn2C)c2cccc(OCc3c(Cl)cncc3CNC(=O)C3CCC(O)C3)c2n1. The van der Waals surface area contributed by atoms with Gasteiger partial charge in [-0.3, -0.25) is 14.5 Å². The number of aryl methyl sites for hydroxylation is 2. The minimum atomic E-state index is -0.395. The summed E-state index contributed by atoms with van der Waals surface area (Å²) < 4.78 is 8.10. The summed E-state index contributed by atoms with van der Waals surface area (Å²) in [4.78, 5) is 21.5. The average Bonchev–Trinajstić information content (AvgIpc) is 3.49. The second kappa shape index (κ2) is 10.2. The minimum Gasteiger partial charge on any atom is -0.487 e. The molecule has 2 atom stereocenters. The normalized spacial score (nSPS) is 17.4. The highest BCUT2D eigenvalue weighted by molar-refractivity contribution is 6.31. The molecule has 1 aliphatic carbocycles. The van der Waals surface area contributed by atoms with Crippen LogP contribution in [0.1, 0.15) is 36.1 Å². The molecule has 8 nitrogen and oxygen atoms in total. The van der Waals surface area contributed by atoms with Gasteiger partial charge >= 0.3 is 0 Å². The van der Waals surface area contributed by atoms with Crippen molar-refractivity contribution < 1.29 is 14.6 Å². The van der Waals surface area contributed by atoms with Gasteiger partial charge in [-0.1, -0.05) is 23.7 Å². The van der Waals surface area contributed by atoms with Crippen molar-refractivity contribution in [2.45, 2.75) is 45.4 Å². The number of aliphatic hydroxyl groups excluding tert-OH is 1. The molecule has 3 heterocycles. The molecule has 1 fully saturated rings. The number of amides is 1. The quantitative estimate of drug-likeness (QED) is 0.387. The first kappa shape index (κ1) is 24.2. The van der Waals surface area contributed by atoms with E-state index in [1.165, 1.54) is 0 Å². The number of halogens is 1. The number of carbonyl (C=O) groups is 1. The number of carbonyl (C=O) groups excluding carboxylic acids is 1. The molecular weight excluding hydrogens is 478 g/mol. The third kappa shape index (κ3) is 4.92. The molecule has 2 unspecified atom stereocenters. The number of aliphatic hydroxyl groups is 1. The first-order valence-electron chi connectivity index (χ1n) is 12.0. The molecule has 3 aromatic heterocycles. The maximum absolute atomic E-state index is 12.6. The molecule has 1 aromatic carbocycles. The summed E-state index contributed by atoms with van der Waals surface area (Å²) in [6, 6.07) is 9.89. The smallest absolute Gasteiger partial charge is 0.223 e. The Bertz CT molecular complexity index is 1420. The Morgan fingerprint density at radius 2 is 2.14 bits per heavy atom. The largest absolute Gasteiger partial charge is 0.487 e. The van der Waals surface area contributed by atoms with E-state index in [4.69, 9.17) is 21.3 Å². The predicted molar refractivity (Wildman–Crippen MR) is 137 cm³/mol. The Hall–Kier alpha value is -3.49. The monoisotopic (exact) mass is 505 g/mol. The number of benzene rings is 1. The van der Waals surface area contributed by atoms with Crippen molar-refractivity contribution in [3.8, 4) is 17.0 Å². The molecule has 1 saturated carbocycles. The predicted octanol–water partition coefficient (Wildman–Crippen LogP) is 4.35. The number of hydrogen-bond acceptors (Lipinski definition) is 6. The van der Waals surface area contributed by atoms with Crippen molar-refractivity contribution in [2.24, 2.45) is 13.0 Å². The minimum absolute atomic E-state index is 0.0604. The molecule has 0 radical (unpaired) electrons. The number of ether oxygens (including phenoxy) is 1. The van der Waals surface area contributed by atoms with Gasteiger partial charge in [0.05, 0.1) is 16.8 Å². The highest BCUT2D eigenvalue weighted by atomic mass is 35.5. The van der Waals surface area contributed by atoms with Gasteiger partial charge in [0, 0.05) is 60.3 Å². The molecule has 0 aliphatic heterocycles. The van der Waals surface area contributed by atoms with E-state index in [0.29, 0.717) is 30.0 Å². The van der Waals surface area contributed by atoms with Crippen molar-refractivity contribution in [3.63, 3.8) is 0 Å². The summed E-state index contributed by atoms with van der Waals surface area (Å²) >= 11 is 6.50. The van der Waals surface area contributed by atoms with Crippen LogP contribution in [0.15, 0.2) is 48.9 Å². The zero-order valence-electron chi connectivity index (χ0n) is 20.2. The van der Waals surface area contributed by atoms with Gasteiger partial charge in [-0.15, -0.1) is 0 Å². The van der Waals surface area contributed by atoms with Crippen LogP contribution in [0, 0.1) is 12.8 Å². The van der Waals surface area contributed by atoms with Crippen LogP contribution in [0.5, 0.6) is 5.75 Å². The van der Waals surface area contributed by atoms with E-state index in [0.717, 1.165) is 39.0 Å². The molecule has 9 heteroatoms. The van der Waals surface area contributed by atoms with Crippen molar-refractivity contribution in [1.29, 1.82) is 0 Å². The summed E-state index contributed by atoms with van der Waals surface area (Å²) in [5.41, 5.74) is 5.20. The molecule has 186 valence electrons. The summed E-state index contributed by atoms with van der Waals surface area (Å²) in [6.07, 6.45) is 6.52. The van der Waals surface area contributed by atoms with Crippen LogP contribution in [0.25, 0.3) is 22.2 Å². The van der Waals surface area contributed by atoms with Crippen LogP contribution in [0.4, 0.5) is 0 Å². The lowest BCUT2D eigenvalue weighted by molar-refractivity contribution is -0.125. The molecule has 0 spiro atoms. The van der Waals surface area contributed by atoms with Crippen LogP contribution < -0.4 is 10.1 Å². The number of hydrogen-bond donors (Lipinski definition) is 2. The summed E-state index contributed by atoms with van der Waals surface area (Å²) in [5, 5.41) is 18.4. The number of aromatic nitrogens is 4. The molecule has 0 bridgehead atoms. The van der Waals surface area contributed by atoms with Crippen molar-refractivity contribution in [3.05, 3.63) is 70.8 Å². The van der Waals surface area contributed by atoms with Crippen LogP contribution >= 0.6 is 11.6 Å². The summed E-state index contributed by atoms with van der Waals surface area (Å²) in [7, 11) is 1.91. The van der Waals surface area contributed by atoms with Crippen LogP contribution in [0.2, 0.25) is 5.02 Å². The van der Waals surface area contributed by atoms with Gasteiger partial charge < -0.3 is 15.2 Å². The lowest BCUT2D eigenvalue weighted by Crippen LogP contribution is -2.29. The Kier molecular flexibility index (Phi) is 6.89. The topological polar surface area (TPSA) is 102 Å². The molecule has 5 rings (SSSR count). The van der Waals surface area contributed by atoms with E-state index in [1.54, 1.807) is 18.6 Å². The molecule has 0 saturated heterocycles. The molecule has 4 aromatic rings. The first-order valence-corrected chi connectivity index (χ1v) is 12.4. The van der Waals surface area contributed by atoms with E-state index in [-0.39, 0.29) is 25.0 Å². The van der Waals surface area contributed by atoms with Crippen LogP contribution in [-0.4, -0.2) is 36.9 Å². The van der Waals surface area contributed by atoms with Crippen molar-refractivity contribution in [1.82, 2.24) is 25.1 Å². The zero-order valence-corrected chi connectivity index (χ0v) is 21.0. The first-order chi connectivity index (χ1) is 17.4. The fourth-order valence-corrected chi connectivity index (χ4v) is 5.04. The van der Waals surface area contributed by atoms with Crippen molar-refractivity contribution >= 4 is 28.4 Å². The fraction of sp³-hybridized carbons (Fsp3) is 0.333. The maximum Gasteiger partial charge on any atom is 0.223 e. The van der Waals surface area contributed by atoms with Crippen molar-refractivity contribution in [2.75, 3.05) is 0 Å². The lowest BCUT2D eigenvalue weighted by Gasteiger charge is -2.16.